The highest BCUT2D eigenvalue weighted by Crippen LogP contribution is 2.27. The van der Waals surface area contributed by atoms with Crippen LogP contribution in [0.3, 0.4) is 0 Å². The first-order valence-corrected chi connectivity index (χ1v) is 8.43. The van der Waals surface area contributed by atoms with E-state index in [1.165, 1.54) is 9.79 Å². The fraction of sp³-hybridized carbons (Fsp3) is 0. The van der Waals surface area contributed by atoms with Gasteiger partial charge in [0.1, 0.15) is 0 Å². The molecule has 0 saturated carbocycles. The first-order chi connectivity index (χ1) is 10.8. The molecule has 0 atom stereocenters. The van der Waals surface area contributed by atoms with Crippen molar-refractivity contribution < 1.29 is 5.11 Å². The Morgan fingerprint density at radius 3 is 1.50 bits per heavy atom. The molecule has 3 aromatic rings. The van der Waals surface area contributed by atoms with E-state index in [1.54, 1.807) is 0 Å². The van der Waals surface area contributed by atoms with Gasteiger partial charge in [-0.15, -0.1) is 0 Å². The van der Waals surface area contributed by atoms with Crippen LogP contribution in [0.2, 0.25) is 0 Å². The topological polar surface area (TPSA) is 20.2 Å². The first-order valence-electron chi connectivity index (χ1n) is 7.14. The zero-order valence-electron chi connectivity index (χ0n) is 12.1. The summed E-state index contributed by atoms with van der Waals surface area (Å²) >= 11 is 0. The van der Waals surface area contributed by atoms with E-state index in [-0.39, 0.29) is 10.9 Å². The summed E-state index contributed by atoms with van der Waals surface area (Å²) in [6.45, 7) is 0. The van der Waals surface area contributed by atoms with Crippen LogP contribution in [0.25, 0.3) is 5.76 Å². The van der Waals surface area contributed by atoms with E-state index in [0.717, 1.165) is 5.56 Å². The molecular formula is C20H17OS+. The molecule has 0 amide bonds. The summed E-state index contributed by atoms with van der Waals surface area (Å²) in [5.74, 6) is 0.316. The minimum absolute atomic E-state index is 0.294. The summed E-state index contributed by atoms with van der Waals surface area (Å²) in [5, 5.41) is 12.4. The lowest BCUT2D eigenvalue weighted by molar-refractivity contribution is 0.513. The molecule has 0 fully saturated rings. The normalized spacial score (nSPS) is 11.6. The summed E-state index contributed by atoms with van der Waals surface area (Å²) in [7, 11) is -0.294. The lowest BCUT2D eigenvalue weighted by Gasteiger charge is -2.05. The quantitative estimate of drug-likeness (QED) is 0.513. The van der Waals surface area contributed by atoms with Crippen molar-refractivity contribution in [2.24, 2.45) is 0 Å². The highest BCUT2D eigenvalue weighted by atomic mass is 32.2. The summed E-state index contributed by atoms with van der Waals surface area (Å²) < 4.78 is 0. The van der Waals surface area contributed by atoms with Gasteiger partial charge in [-0.05, 0) is 24.3 Å². The third-order valence-corrected chi connectivity index (χ3v) is 5.31. The van der Waals surface area contributed by atoms with E-state index in [2.05, 4.69) is 24.3 Å². The monoisotopic (exact) mass is 305 g/mol. The van der Waals surface area contributed by atoms with Gasteiger partial charge in [-0.2, -0.15) is 0 Å². The van der Waals surface area contributed by atoms with E-state index in [4.69, 9.17) is 0 Å². The Morgan fingerprint density at radius 2 is 1.05 bits per heavy atom. The molecule has 0 spiro atoms. The Hall–Kier alpha value is -2.45. The van der Waals surface area contributed by atoms with Crippen molar-refractivity contribution in [2.45, 2.75) is 9.79 Å². The lowest BCUT2D eigenvalue weighted by atomic mass is 10.2. The second kappa shape index (κ2) is 7.01. The molecule has 22 heavy (non-hydrogen) atoms. The molecule has 2 heteroatoms. The number of hydrogen-bond acceptors (Lipinski definition) is 1. The highest BCUT2D eigenvalue weighted by Gasteiger charge is 2.24. The van der Waals surface area contributed by atoms with E-state index in [9.17, 15) is 5.11 Å². The molecule has 0 bridgehead atoms. The molecule has 0 aliphatic carbocycles. The summed E-state index contributed by atoms with van der Waals surface area (Å²) in [6.07, 6.45) is 0. The lowest BCUT2D eigenvalue weighted by Crippen LogP contribution is -2.01. The molecule has 1 N–H and O–H groups in total. The van der Waals surface area contributed by atoms with Crippen molar-refractivity contribution in [2.75, 3.05) is 0 Å². The average molecular weight is 305 g/mol. The standard InChI is InChI=1S/C20H16OS/c21-20(17-10-4-1-5-11-17)16-22(18-12-6-2-7-13-18)19-14-8-3-9-15-19/h1-16H/p+1/b20-16-. The summed E-state index contributed by atoms with van der Waals surface area (Å²) in [6, 6.07) is 30.2. The zero-order valence-corrected chi connectivity index (χ0v) is 12.9. The van der Waals surface area contributed by atoms with E-state index in [1.807, 2.05) is 72.1 Å². The maximum Gasteiger partial charge on any atom is 0.173 e. The molecular weight excluding hydrogens is 288 g/mol. The Labute approximate surface area is 133 Å². The van der Waals surface area contributed by atoms with Crippen LogP contribution in [0, 0.1) is 0 Å². The van der Waals surface area contributed by atoms with Crippen LogP contribution < -0.4 is 0 Å². The smallest absolute Gasteiger partial charge is 0.173 e. The van der Waals surface area contributed by atoms with E-state index in [0.29, 0.717) is 5.76 Å². The van der Waals surface area contributed by atoms with Gasteiger partial charge in [0, 0.05) is 5.56 Å². The SMILES string of the molecule is O/C(=C\[S+](c1ccccc1)c1ccccc1)c1ccccc1. The molecule has 108 valence electrons. The van der Waals surface area contributed by atoms with Crippen molar-refractivity contribution in [3.63, 3.8) is 0 Å². The molecule has 0 unspecified atom stereocenters. The number of aliphatic hydroxyl groups is 1. The van der Waals surface area contributed by atoms with Gasteiger partial charge in [-0.25, -0.2) is 0 Å². The molecule has 0 heterocycles. The van der Waals surface area contributed by atoms with Crippen molar-refractivity contribution in [3.05, 3.63) is 102 Å². The summed E-state index contributed by atoms with van der Waals surface area (Å²) in [5.41, 5.74) is 0.840. The second-order valence-corrected chi connectivity index (χ2v) is 6.69. The number of rotatable bonds is 4. The van der Waals surface area contributed by atoms with Crippen LogP contribution in [-0.2, 0) is 10.9 Å². The highest BCUT2D eigenvalue weighted by molar-refractivity contribution is 7.99. The number of hydrogen-bond donors (Lipinski definition) is 1. The molecule has 3 aromatic carbocycles. The molecule has 0 saturated heterocycles. The van der Waals surface area contributed by atoms with Gasteiger partial charge in [0.15, 0.2) is 21.0 Å². The first kappa shape index (κ1) is 14.5. The largest absolute Gasteiger partial charge is 0.503 e. The third-order valence-electron chi connectivity index (χ3n) is 3.29. The minimum atomic E-state index is -0.294. The third kappa shape index (κ3) is 3.41. The predicted molar refractivity (Wildman–Crippen MR) is 93.8 cm³/mol. The van der Waals surface area contributed by atoms with Gasteiger partial charge in [0.2, 0.25) is 0 Å². The van der Waals surface area contributed by atoms with Crippen molar-refractivity contribution >= 4 is 16.7 Å². The predicted octanol–water partition coefficient (Wildman–Crippen LogP) is 5.28. The Kier molecular flexibility index (Phi) is 4.62. The molecule has 0 aromatic heterocycles. The Morgan fingerprint density at radius 1 is 0.636 bits per heavy atom. The Balaban J connectivity index is 2.03. The van der Waals surface area contributed by atoms with Gasteiger partial charge >= 0.3 is 0 Å². The molecule has 0 aliphatic rings. The molecule has 1 nitrogen and oxygen atoms in total. The average Bonchev–Trinajstić information content (AvgIpc) is 2.62. The van der Waals surface area contributed by atoms with Crippen molar-refractivity contribution in [3.8, 4) is 0 Å². The molecule has 3 rings (SSSR count). The van der Waals surface area contributed by atoms with Gasteiger partial charge in [-0.3, -0.25) is 0 Å². The minimum Gasteiger partial charge on any atom is -0.503 e. The van der Waals surface area contributed by atoms with Crippen LogP contribution in [0.5, 0.6) is 0 Å². The maximum absolute atomic E-state index is 10.5. The van der Waals surface area contributed by atoms with Gasteiger partial charge in [-0.1, -0.05) is 66.7 Å². The van der Waals surface area contributed by atoms with Gasteiger partial charge in [0.25, 0.3) is 0 Å². The number of benzene rings is 3. The van der Waals surface area contributed by atoms with Crippen molar-refractivity contribution in [1.29, 1.82) is 0 Å². The zero-order chi connectivity index (χ0) is 15.2. The Bertz CT molecular complexity index is 697. The number of aliphatic hydroxyl groups excluding tert-OH is 1. The van der Waals surface area contributed by atoms with Crippen LogP contribution >= 0.6 is 0 Å². The van der Waals surface area contributed by atoms with Gasteiger partial charge in [0.05, 0.1) is 10.9 Å². The molecule has 0 aliphatic heterocycles. The van der Waals surface area contributed by atoms with E-state index >= 15 is 0 Å². The maximum atomic E-state index is 10.5. The van der Waals surface area contributed by atoms with Crippen molar-refractivity contribution in [1.82, 2.24) is 0 Å². The fourth-order valence-corrected chi connectivity index (χ4v) is 4.00. The molecule has 0 radical (unpaired) electrons. The van der Waals surface area contributed by atoms with Crippen LogP contribution in [0.1, 0.15) is 5.56 Å². The van der Waals surface area contributed by atoms with Crippen LogP contribution in [0.4, 0.5) is 0 Å². The van der Waals surface area contributed by atoms with Crippen LogP contribution in [0.15, 0.2) is 106 Å². The van der Waals surface area contributed by atoms with Gasteiger partial charge < -0.3 is 5.11 Å². The fourth-order valence-electron chi connectivity index (χ4n) is 2.19. The summed E-state index contributed by atoms with van der Waals surface area (Å²) in [4.78, 5) is 2.38. The van der Waals surface area contributed by atoms with E-state index < -0.39 is 0 Å². The second-order valence-electron chi connectivity index (χ2n) is 4.83. The van der Waals surface area contributed by atoms with Crippen LogP contribution in [-0.4, -0.2) is 5.11 Å².